The van der Waals surface area contributed by atoms with Gasteiger partial charge in [0.1, 0.15) is 5.82 Å². The molecule has 0 atom stereocenters. The fraction of sp³-hybridized carbons (Fsp3) is 0.471. The number of imidazole rings is 1. The van der Waals surface area contributed by atoms with Crippen LogP contribution in [0.4, 0.5) is 0 Å². The standard InChI is InChI=1S/C17H23N3O/c1-14-18-11-17(20(14)16-5-3-2-4-6-16)12-19-9-7-15(13-21)8-10-19/h2-6,11,15,21H,7-10,12-13H2,1H3. The maximum atomic E-state index is 9.23. The maximum Gasteiger partial charge on any atom is 0.110 e. The minimum Gasteiger partial charge on any atom is -0.396 e. The molecule has 21 heavy (non-hydrogen) atoms. The number of rotatable bonds is 4. The molecule has 1 aromatic carbocycles. The van der Waals surface area contributed by atoms with Crippen LogP contribution in [0.1, 0.15) is 24.4 Å². The van der Waals surface area contributed by atoms with E-state index in [1.54, 1.807) is 0 Å². The monoisotopic (exact) mass is 285 g/mol. The van der Waals surface area contributed by atoms with E-state index in [4.69, 9.17) is 0 Å². The highest BCUT2D eigenvalue weighted by molar-refractivity contribution is 5.35. The van der Waals surface area contributed by atoms with E-state index in [-0.39, 0.29) is 0 Å². The molecule has 0 saturated carbocycles. The topological polar surface area (TPSA) is 41.3 Å². The van der Waals surface area contributed by atoms with E-state index in [0.29, 0.717) is 12.5 Å². The third-order valence-electron chi connectivity index (χ3n) is 4.38. The van der Waals surface area contributed by atoms with Gasteiger partial charge in [-0.1, -0.05) is 18.2 Å². The highest BCUT2D eigenvalue weighted by Crippen LogP contribution is 2.20. The smallest absolute Gasteiger partial charge is 0.110 e. The molecule has 4 heteroatoms. The Labute approximate surface area is 126 Å². The Morgan fingerprint density at radius 1 is 1.19 bits per heavy atom. The SMILES string of the molecule is Cc1ncc(CN2CCC(CO)CC2)n1-c1ccccc1. The van der Waals surface area contributed by atoms with E-state index < -0.39 is 0 Å². The number of para-hydroxylation sites is 1. The number of piperidine rings is 1. The van der Waals surface area contributed by atoms with Gasteiger partial charge in [0.25, 0.3) is 0 Å². The lowest BCUT2D eigenvalue weighted by Gasteiger charge is -2.31. The molecule has 1 aromatic heterocycles. The van der Waals surface area contributed by atoms with Crippen LogP contribution in [0.5, 0.6) is 0 Å². The molecule has 1 aliphatic heterocycles. The zero-order valence-electron chi connectivity index (χ0n) is 12.6. The van der Waals surface area contributed by atoms with Crippen LogP contribution in [0, 0.1) is 12.8 Å². The van der Waals surface area contributed by atoms with Crippen LogP contribution in [0.25, 0.3) is 5.69 Å². The maximum absolute atomic E-state index is 9.23. The van der Waals surface area contributed by atoms with Crippen LogP contribution in [-0.2, 0) is 6.54 Å². The van der Waals surface area contributed by atoms with Gasteiger partial charge in [0.15, 0.2) is 0 Å². The van der Waals surface area contributed by atoms with E-state index in [1.165, 1.54) is 11.4 Å². The van der Waals surface area contributed by atoms with Crippen molar-refractivity contribution in [2.24, 2.45) is 5.92 Å². The molecule has 1 saturated heterocycles. The van der Waals surface area contributed by atoms with Crippen molar-refractivity contribution < 1.29 is 5.11 Å². The van der Waals surface area contributed by atoms with Gasteiger partial charge >= 0.3 is 0 Å². The van der Waals surface area contributed by atoms with Crippen LogP contribution in [-0.4, -0.2) is 39.3 Å². The van der Waals surface area contributed by atoms with E-state index in [0.717, 1.165) is 38.3 Å². The first kappa shape index (κ1) is 14.3. The summed E-state index contributed by atoms with van der Waals surface area (Å²) in [7, 11) is 0. The van der Waals surface area contributed by atoms with Gasteiger partial charge in [-0.05, 0) is 50.9 Å². The Kier molecular flexibility index (Phi) is 4.36. The molecule has 3 rings (SSSR count). The Balaban J connectivity index is 1.75. The Morgan fingerprint density at radius 2 is 1.90 bits per heavy atom. The number of aryl methyl sites for hydroxylation is 1. The Morgan fingerprint density at radius 3 is 2.57 bits per heavy atom. The van der Waals surface area contributed by atoms with Crippen molar-refractivity contribution in [2.75, 3.05) is 19.7 Å². The van der Waals surface area contributed by atoms with Crippen LogP contribution in [0.3, 0.4) is 0 Å². The third kappa shape index (κ3) is 3.17. The van der Waals surface area contributed by atoms with E-state index in [9.17, 15) is 5.11 Å². The minimum atomic E-state index is 0.328. The van der Waals surface area contributed by atoms with Crippen molar-refractivity contribution in [2.45, 2.75) is 26.3 Å². The van der Waals surface area contributed by atoms with Gasteiger partial charge in [0.05, 0.1) is 11.9 Å². The van der Waals surface area contributed by atoms with Crippen LogP contribution < -0.4 is 0 Å². The van der Waals surface area contributed by atoms with Crippen LogP contribution >= 0.6 is 0 Å². The lowest BCUT2D eigenvalue weighted by molar-refractivity contribution is 0.126. The molecular formula is C17H23N3O. The van der Waals surface area contributed by atoms with Crippen LogP contribution in [0.15, 0.2) is 36.5 Å². The van der Waals surface area contributed by atoms with E-state index in [2.05, 4.69) is 45.6 Å². The molecule has 2 aromatic rings. The van der Waals surface area contributed by atoms with Gasteiger partial charge in [0, 0.05) is 18.8 Å². The second-order valence-electron chi connectivity index (χ2n) is 5.87. The molecule has 4 nitrogen and oxygen atoms in total. The average Bonchev–Trinajstić information content (AvgIpc) is 2.89. The van der Waals surface area contributed by atoms with E-state index in [1.807, 2.05) is 12.3 Å². The third-order valence-corrected chi connectivity index (χ3v) is 4.38. The number of likely N-dealkylation sites (tertiary alicyclic amines) is 1. The molecule has 1 aliphatic rings. The van der Waals surface area contributed by atoms with E-state index >= 15 is 0 Å². The highest BCUT2D eigenvalue weighted by Gasteiger charge is 2.20. The van der Waals surface area contributed by atoms with Crippen LogP contribution in [0.2, 0.25) is 0 Å². The summed E-state index contributed by atoms with van der Waals surface area (Å²) in [4.78, 5) is 6.95. The van der Waals surface area contributed by atoms with Gasteiger partial charge in [-0.15, -0.1) is 0 Å². The molecule has 0 spiro atoms. The quantitative estimate of drug-likeness (QED) is 0.938. The molecule has 2 heterocycles. The number of aliphatic hydroxyl groups is 1. The predicted molar refractivity (Wildman–Crippen MR) is 83.4 cm³/mol. The lowest BCUT2D eigenvalue weighted by Crippen LogP contribution is -2.34. The zero-order chi connectivity index (χ0) is 14.7. The normalized spacial score (nSPS) is 17.2. The fourth-order valence-corrected chi connectivity index (χ4v) is 3.09. The highest BCUT2D eigenvalue weighted by atomic mass is 16.3. The van der Waals surface area contributed by atoms with Gasteiger partial charge in [-0.3, -0.25) is 9.47 Å². The largest absolute Gasteiger partial charge is 0.396 e. The van der Waals surface area contributed by atoms with Crippen molar-refractivity contribution >= 4 is 0 Å². The minimum absolute atomic E-state index is 0.328. The molecule has 0 aliphatic carbocycles. The molecule has 0 amide bonds. The predicted octanol–water partition coefficient (Wildman–Crippen LogP) is 2.39. The number of hydrogen-bond donors (Lipinski definition) is 1. The van der Waals surface area contributed by atoms with Gasteiger partial charge in [-0.2, -0.15) is 0 Å². The first-order valence-electron chi connectivity index (χ1n) is 7.70. The number of aliphatic hydroxyl groups excluding tert-OH is 1. The Hall–Kier alpha value is -1.65. The Bertz CT molecular complexity index is 571. The summed E-state index contributed by atoms with van der Waals surface area (Å²) >= 11 is 0. The second-order valence-corrected chi connectivity index (χ2v) is 5.87. The zero-order valence-corrected chi connectivity index (χ0v) is 12.6. The first-order valence-corrected chi connectivity index (χ1v) is 7.70. The number of aromatic nitrogens is 2. The second kappa shape index (κ2) is 6.41. The van der Waals surface area contributed by atoms with Crippen molar-refractivity contribution in [3.63, 3.8) is 0 Å². The molecule has 0 radical (unpaired) electrons. The van der Waals surface area contributed by atoms with Gasteiger partial charge in [-0.25, -0.2) is 4.98 Å². The van der Waals surface area contributed by atoms with Crippen molar-refractivity contribution in [1.29, 1.82) is 0 Å². The van der Waals surface area contributed by atoms with Crippen molar-refractivity contribution in [3.05, 3.63) is 48.0 Å². The summed E-state index contributed by atoms with van der Waals surface area (Å²) in [6.45, 7) is 5.42. The summed E-state index contributed by atoms with van der Waals surface area (Å²) < 4.78 is 2.23. The van der Waals surface area contributed by atoms with Crippen molar-refractivity contribution in [1.82, 2.24) is 14.5 Å². The van der Waals surface area contributed by atoms with Gasteiger partial charge < -0.3 is 5.11 Å². The summed E-state index contributed by atoms with van der Waals surface area (Å²) in [6.07, 6.45) is 4.17. The molecule has 1 fully saturated rings. The molecule has 1 N–H and O–H groups in total. The fourth-order valence-electron chi connectivity index (χ4n) is 3.09. The molecule has 0 unspecified atom stereocenters. The first-order chi connectivity index (χ1) is 10.3. The number of nitrogens with zero attached hydrogens (tertiary/aromatic N) is 3. The number of hydrogen-bond acceptors (Lipinski definition) is 3. The van der Waals surface area contributed by atoms with Gasteiger partial charge in [0.2, 0.25) is 0 Å². The molecular weight excluding hydrogens is 262 g/mol. The lowest BCUT2D eigenvalue weighted by atomic mass is 9.98. The summed E-state index contributed by atoms with van der Waals surface area (Å²) in [6, 6.07) is 10.4. The summed E-state index contributed by atoms with van der Waals surface area (Å²) in [5.41, 5.74) is 2.41. The summed E-state index contributed by atoms with van der Waals surface area (Å²) in [5, 5.41) is 9.23. The number of benzene rings is 1. The summed E-state index contributed by atoms with van der Waals surface area (Å²) in [5.74, 6) is 1.52. The molecule has 112 valence electrons. The average molecular weight is 285 g/mol. The molecule has 0 bridgehead atoms. The van der Waals surface area contributed by atoms with Crippen molar-refractivity contribution in [3.8, 4) is 5.69 Å².